The van der Waals surface area contributed by atoms with Crippen LogP contribution >= 0.6 is 11.6 Å². The van der Waals surface area contributed by atoms with Crippen molar-refractivity contribution in [1.82, 2.24) is 4.31 Å². The molecule has 1 aromatic carbocycles. The number of benzene rings is 1. The lowest BCUT2D eigenvalue weighted by atomic mass is 10.2. The normalized spacial score (nSPS) is 30.1. The Bertz CT molecular complexity index is 460. The first kappa shape index (κ1) is 10.9. The minimum Gasteiger partial charge on any atom is -0.207 e. The quantitative estimate of drug-likeness (QED) is 0.600. The van der Waals surface area contributed by atoms with E-state index in [0.29, 0.717) is 17.3 Å². The van der Waals surface area contributed by atoms with E-state index in [1.165, 1.54) is 4.31 Å². The summed E-state index contributed by atoms with van der Waals surface area (Å²) in [6.07, 6.45) is 0. The predicted molar refractivity (Wildman–Crippen MR) is 59.5 cm³/mol. The molecule has 0 radical (unpaired) electrons. The van der Waals surface area contributed by atoms with E-state index in [0.717, 1.165) is 0 Å². The molecule has 0 bridgehead atoms. The molecule has 82 valence electrons. The van der Waals surface area contributed by atoms with E-state index in [9.17, 15) is 8.42 Å². The fourth-order valence-electron chi connectivity index (χ4n) is 1.48. The van der Waals surface area contributed by atoms with Crippen LogP contribution in [0, 0.1) is 0 Å². The maximum Gasteiger partial charge on any atom is 0.243 e. The molecule has 0 amide bonds. The second kappa shape index (κ2) is 3.47. The molecule has 1 aliphatic heterocycles. The summed E-state index contributed by atoms with van der Waals surface area (Å²) in [5.41, 5.74) is -0.393. The van der Waals surface area contributed by atoms with Crippen LogP contribution in [0.4, 0.5) is 0 Å². The van der Waals surface area contributed by atoms with E-state index in [-0.39, 0.29) is 0 Å². The Morgan fingerprint density at radius 1 is 1.40 bits per heavy atom. The molecule has 2 rings (SSSR count). The van der Waals surface area contributed by atoms with Crippen LogP contribution in [0.2, 0.25) is 0 Å². The number of hydrogen-bond acceptors (Lipinski definition) is 2. The Kier molecular flexibility index (Phi) is 2.53. The molecule has 15 heavy (non-hydrogen) atoms. The summed E-state index contributed by atoms with van der Waals surface area (Å²) in [5, 5.41) is 0. The molecule has 0 spiro atoms. The summed E-state index contributed by atoms with van der Waals surface area (Å²) in [4.78, 5) is 0.332. The highest BCUT2D eigenvalue weighted by atomic mass is 35.5. The summed E-state index contributed by atoms with van der Waals surface area (Å²) in [5.74, 6) is 0.332. The van der Waals surface area contributed by atoms with E-state index < -0.39 is 15.6 Å². The molecule has 0 aromatic heterocycles. The minimum absolute atomic E-state index is 0.332. The van der Waals surface area contributed by atoms with E-state index in [2.05, 4.69) is 0 Å². The highest BCUT2D eigenvalue weighted by Gasteiger charge is 2.54. The van der Waals surface area contributed by atoms with Crippen molar-refractivity contribution >= 4 is 21.6 Å². The van der Waals surface area contributed by atoms with Crippen LogP contribution in [0.5, 0.6) is 0 Å². The van der Waals surface area contributed by atoms with Crippen LogP contribution in [0.1, 0.15) is 6.92 Å². The third-order valence-corrected chi connectivity index (χ3v) is 5.20. The van der Waals surface area contributed by atoms with Crippen LogP contribution in [0.3, 0.4) is 0 Å². The number of alkyl halides is 1. The molecule has 0 aliphatic carbocycles. The molecule has 1 aliphatic rings. The zero-order valence-electron chi connectivity index (χ0n) is 8.35. The lowest BCUT2D eigenvalue weighted by Gasteiger charge is -2.09. The number of hydrogen-bond donors (Lipinski definition) is 0. The smallest absolute Gasteiger partial charge is 0.207 e. The zero-order valence-corrected chi connectivity index (χ0v) is 9.92. The Labute approximate surface area is 94.7 Å². The molecule has 0 saturated carbocycles. The van der Waals surface area contributed by atoms with E-state index in [1.807, 2.05) is 6.92 Å². The summed E-state index contributed by atoms with van der Waals surface area (Å²) in [7, 11) is -3.34. The topological polar surface area (TPSA) is 37.1 Å². The van der Waals surface area contributed by atoms with Gasteiger partial charge in [0.1, 0.15) is 0 Å². The molecule has 2 atom stereocenters. The number of nitrogens with zero attached hydrogens (tertiary/aromatic N) is 1. The van der Waals surface area contributed by atoms with Crippen molar-refractivity contribution in [2.24, 2.45) is 0 Å². The molecule has 0 N–H and O–H groups in total. The number of sulfonamides is 1. The molecular formula is C10H12ClNO2S. The second-order valence-electron chi connectivity index (χ2n) is 3.96. The van der Waals surface area contributed by atoms with Gasteiger partial charge in [0.25, 0.3) is 0 Å². The summed E-state index contributed by atoms with van der Waals surface area (Å²) in [6.45, 7) is 2.36. The van der Waals surface area contributed by atoms with Gasteiger partial charge in [-0.2, -0.15) is 4.31 Å². The summed E-state index contributed by atoms with van der Waals surface area (Å²) in [6, 6.07) is 8.43. The number of halogens is 1. The first-order valence-corrected chi connectivity index (χ1v) is 6.62. The lowest BCUT2D eigenvalue weighted by Crippen LogP contribution is -2.22. The first-order chi connectivity index (χ1) is 7.00. The van der Waals surface area contributed by atoms with Crippen molar-refractivity contribution in [3.8, 4) is 0 Å². The van der Waals surface area contributed by atoms with Crippen LogP contribution < -0.4 is 0 Å². The monoisotopic (exact) mass is 245 g/mol. The fraction of sp³-hybridized carbons (Fsp3) is 0.400. The highest BCUT2D eigenvalue weighted by Crippen LogP contribution is 2.38. The molecule has 5 heteroatoms. The van der Waals surface area contributed by atoms with Crippen LogP contribution in [-0.4, -0.2) is 30.7 Å². The Morgan fingerprint density at radius 2 is 2.00 bits per heavy atom. The second-order valence-corrected chi connectivity index (χ2v) is 6.08. The molecular weight excluding hydrogens is 234 g/mol. The van der Waals surface area contributed by atoms with Crippen molar-refractivity contribution in [2.45, 2.75) is 17.4 Å². The SMILES string of the molecule is C[C@]1(CCl)CN1S(=O)(=O)c1ccccc1. The predicted octanol–water partition coefficient (Wildman–Crippen LogP) is 1.69. The molecule has 1 aromatic rings. The minimum atomic E-state index is -3.34. The highest BCUT2D eigenvalue weighted by molar-refractivity contribution is 7.89. The van der Waals surface area contributed by atoms with E-state index in [1.54, 1.807) is 30.3 Å². The fourth-order valence-corrected chi connectivity index (χ4v) is 3.63. The van der Waals surface area contributed by atoms with Crippen molar-refractivity contribution in [3.63, 3.8) is 0 Å². The van der Waals surface area contributed by atoms with Gasteiger partial charge in [0.2, 0.25) is 10.0 Å². The van der Waals surface area contributed by atoms with Gasteiger partial charge in [0, 0.05) is 12.4 Å². The van der Waals surface area contributed by atoms with Gasteiger partial charge in [-0.25, -0.2) is 8.42 Å². The Morgan fingerprint density at radius 3 is 2.47 bits per heavy atom. The van der Waals surface area contributed by atoms with Gasteiger partial charge in [0.05, 0.1) is 10.4 Å². The molecule has 1 unspecified atom stereocenters. The van der Waals surface area contributed by atoms with E-state index in [4.69, 9.17) is 11.6 Å². The van der Waals surface area contributed by atoms with Crippen molar-refractivity contribution < 1.29 is 8.42 Å². The Hall–Kier alpha value is -0.580. The molecule has 3 nitrogen and oxygen atoms in total. The molecule has 1 heterocycles. The largest absolute Gasteiger partial charge is 0.243 e. The third-order valence-electron chi connectivity index (χ3n) is 2.60. The van der Waals surface area contributed by atoms with Gasteiger partial charge in [-0.1, -0.05) is 18.2 Å². The standard InChI is InChI=1S/C10H12ClNO2S/c1-10(7-11)8-12(10)15(13,14)9-5-3-2-4-6-9/h2-6H,7-8H2,1H3/t10-,12?/m0/s1. The Balaban J connectivity index is 2.32. The maximum atomic E-state index is 12.0. The summed E-state index contributed by atoms with van der Waals surface area (Å²) < 4.78 is 25.5. The van der Waals surface area contributed by atoms with Gasteiger partial charge >= 0.3 is 0 Å². The maximum absolute atomic E-state index is 12.0. The third kappa shape index (κ3) is 1.77. The van der Waals surface area contributed by atoms with E-state index >= 15 is 0 Å². The van der Waals surface area contributed by atoms with Crippen LogP contribution in [0.25, 0.3) is 0 Å². The van der Waals surface area contributed by atoms with Crippen molar-refractivity contribution in [1.29, 1.82) is 0 Å². The van der Waals surface area contributed by atoms with Gasteiger partial charge in [-0.15, -0.1) is 11.6 Å². The van der Waals surface area contributed by atoms with Crippen LogP contribution in [-0.2, 0) is 10.0 Å². The molecule has 1 fully saturated rings. The average molecular weight is 246 g/mol. The number of rotatable bonds is 3. The van der Waals surface area contributed by atoms with Gasteiger partial charge in [-0.05, 0) is 19.1 Å². The van der Waals surface area contributed by atoms with Gasteiger partial charge < -0.3 is 0 Å². The molecule has 1 saturated heterocycles. The van der Waals surface area contributed by atoms with Gasteiger partial charge in [-0.3, -0.25) is 0 Å². The lowest BCUT2D eigenvalue weighted by molar-refractivity contribution is 0.531. The van der Waals surface area contributed by atoms with Gasteiger partial charge in [0.15, 0.2) is 0 Å². The van der Waals surface area contributed by atoms with Crippen molar-refractivity contribution in [3.05, 3.63) is 30.3 Å². The summed E-state index contributed by atoms with van der Waals surface area (Å²) >= 11 is 5.72. The average Bonchev–Trinajstić information content (AvgIpc) is 2.94. The first-order valence-electron chi connectivity index (χ1n) is 4.64. The van der Waals surface area contributed by atoms with Crippen molar-refractivity contribution in [2.75, 3.05) is 12.4 Å². The zero-order chi connectivity index (χ0) is 11.1. The van der Waals surface area contributed by atoms with Crippen LogP contribution in [0.15, 0.2) is 35.2 Å².